The first kappa shape index (κ1) is 21.0. The SMILES string of the molecule is CC(C)(CC(=O)N1CCCC(O)(C(F)(F)F)CC1)Cc1ccc(Cl)cc1. The van der Waals surface area contributed by atoms with Gasteiger partial charge in [0.1, 0.15) is 0 Å². The van der Waals surface area contributed by atoms with Crippen molar-refractivity contribution >= 4 is 17.5 Å². The highest BCUT2D eigenvalue weighted by Gasteiger charge is 2.53. The molecule has 0 spiro atoms. The molecule has 7 heteroatoms. The third-order valence-electron chi connectivity index (χ3n) is 4.92. The Morgan fingerprint density at radius 2 is 1.81 bits per heavy atom. The van der Waals surface area contributed by atoms with E-state index in [4.69, 9.17) is 11.6 Å². The number of hydrogen-bond donors (Lipinski definition) is 1. The zero-order chi connectivity index (χ0) is 19.6. The molecule has 1 N–H and O–H groups in total. The summed E-state index contributed by atoms with van der Waals surface area (Å²) in [7, 11) is 0. The highest BCUT2D eigenvalue weighted by Crippen LogP contribution is 2.38. The molecule has 0 radical (unpaired) electrons. The van der Waals surface area contributed by atoms with Crippen molar-refractivity contribution in [2.24, 2.45) is 5.41 Å². The number of likely N-dealkylation sites (tertiary alicyclic amines) is 1. The summed E-state index contributed by atoms with van der Waals surface area (Å²) >= 11 is 5.88. The van der Waals surface area contributed by atoms with Gasteiger partial charge in [-0.05, 0) is 42.4 Å². The summed E-state index contributed by atoms with van der Waals surface area (Å²) < 4.78 is 39.0. The Morgan fingerprint density at radius 3 is 2.38 bits per heavy atom. The standard InChI is InChI=1S/C19H25ClF3NO2/c1-17(2,12-14-4-6-15(20)7-5-14)13-16(25)24-10-3-8-18(26,9-11-24)19(21,22)23/h4-7,26H,3,8-13H2,1-2H3. The molecule has 1 aliphatic rings. The lowest BCUT2D eigenvalue weighted by Crippen LogP contribution is -2.46. The number of halogens is 4. The molecule has 2 rings (SSSR count). The van der Waals surface area contributed by atoms with E-state index in [0.29, 0.717) is 11.4 Å². The van der Waals surface area contributed by atoms with Crippen LogP contribution in [0.4, 0.5) is 13.2 Å². The second-order valence-corrected chi connectivity index (χ2v) is 8.34. The van der Waals surface area contributed by atoms with Crippen LogP contribution in [-0.2, 0) is 11.2 Å². The number of amides is 1. The van der Waals surface area contributed by atoms with Crippen LogP contribution in [-0.4, -0.2) is 40.8 Å². The van der Waals surface area contributed by atoms with Crippen LogP contribution < -0.4 is 0 Å². The number of benzene rings is 1. The monoisotopic (exact) mass is 391 g/mol. The molecular formula is C19H25ClF3NO2. The van der Waals surface area contributed by atoms with Crippen LogP contribution in [0.25, 0.3) is 0 Å². The summed E-state index contributed by atoms with van der Waals surface area (Å²) in [6.07, 6.45) is -4.47. The van der Waals surface area contributed by atoms with E-state index < -0.39 is 18.2 Å². The number of carbonyl (C=O) groups is 1. The van der Waals surface area contributed by atoms with Gasteiger partial charge in [-0.2, -0.15) is 13.2 Å². The van der Waals surface area contributed by atoms with Crippen molar-refractivity contribution in [1.82, 2.24) is 4.90 Å². The lowest BCUT2D eigenvalue weighted by atomic mass is 9.82. The minimum atomic E-state index is -4.67. The van der Waals surface area contributed by atoms with Crippen LogP contribution in [0.5, 0.6) is 0 Å². The fourth-order valence-electron chi connectivity index (χ4n) is 3.39. The number of rotatable bonds is 4. The van der Waals surface area contributed by atoms with Crippen LogP contribution >= 0.6 is 11.6 Å². The maximum Gasteiger partial charge on any atom is 0.417 e. The topological polar surface area (TPSA) is 40.5 Å². The fourth-order valence-corrected chi connectivity index (χ4v) is 3.52. The predicted octanol–water partition coefficient (Wildman–Crippen LogP) is 4.60. The van der Waals surface area contributed by atoms with E-state index in [1.165, 1.54) is 4.90 Å². The molecule has 1 aromatic rings. The maximum absolute atomic E-state index is 13.0. The Kier molecular flexibility index (Phi) is 6.28. The number of alkyl halides is 3. The van der Waals surface area contributed by atoms with E-state index in [2.05, 4.69) is 0 Å². The van der Waals surface area contributed by atoms with Crippen LogP contribution in [0.2, 0.25) is 5.02 Å². The molecule has 1 saturated heterocycles. The maximum atomic E-state index is 13.0. The molecule has 3 nitrogen and oxygen atoms in total. The Morgan fingerprint density at radius 1 is 1.19 bits per heavy atom. The predicted molar refractivity (Wildman–Crippen MR) is 95.0 cm³/mol. The van der Waals surface area contributed by atoms with Crippen LogP contribution in [0.1, 0.15) is 45.1 Å². The van der Waals surface area contributed by atoms with Crippen molar-refractivity contribution in [3.05, 3.63) is 34.9 Å². The number of nitrogens with zero attached hydrogens (tertiary/aromatic N) is 1. The Balaban J connectivity index is 1.97. The largest absolute Gasteiger partial charge is 0.417 e. The second kappa shape index (κ2) is 7.77. The molecular weight excluding hydrogens is 367 g/mol. The molecule has 0 bridgehead atoms. The van der Waals surface area contributed by atoms with Gasteiger partial charge in [0.25, 0.3) is 0 Å². The van der Waals surface area contributed by atoms with Crippen molar-refractivity contribution in [2.75, 3.05) is 13.1 Å². The number of aliphatic hydroxyl groups is 1. The van der Waals surface area contributed by atoms with Gasteiger partial charge in [0.2, 0.25) is 5.91 Å². The summed E-state index contributed by atoms with van der Waals surface area (Å²) in [4.78, 5) is 14.1. The van der Waals surface area contributed by atoms with E-state index in [1.807, 2.05) is 26.0 Å². The summed E-state index contributed by atoms with van der Waals surface area (Å²) in [5.74, 6) is -0.171. The summed E-state index contributed by atoms with van der Waals surface area (Å²) in [6.45, 7) is 4.09. The third kappa shape index (κ3) is 5.36. The van der Waals surface area contributed by atoms with Gasteiger partial charge in [-0.3, -0.25) is 4.79 Å². The van der Waals surface area contributed by atoms with Crippen molar-refractivity contribution in [1.29, 1.82) is 0 Å². The van der Waals surface area contributed by atoms with E-state index in [1.54, 1.807) is 12.1 Å². The minimum Gasteiger partial charge on any atom is -0.380 e. The first-order valence-corrected chi connectivity index (χ1v) is 9.11. The molecule has 1 aromatic carbocycles. The molecule has 1 heterocycles. The van der Waals surface area contributed by atoms with Gasteiger partial charge in [-0.1, -0.05) is 37.6 Å². The van der Waals surface area contributed by atoms with Crippen LogP contribution in [0.3, 0.4) is 0 Å². The molecule has 1 unspecified atom stereocenters. The summed E-state index contributed by atoms with van der Waals surface area (Å²) in [5, 5.41) is 10.5. The smallest absolute Gasteiger partial charge is 0.380 e. The van der Waals surface area contributed by atoms with Crippen LogP contribution in [0.15, 0.2) is 24.3 Å². The molecule has 1 atom stereocenters. The van der Waals surface area contributed by atoms with Gasteiger partial charge in [0.15, 0.2) is 5.60 Å². The highest BCUT2D eigenvalue weighted by molar-refractivity contribution is 6.30. The lowest BCUT2D eigenvalue weighted by Gasteiger charge is -2.30. The first-order chi connectivity index (χ1) is 11.9. The van der Waals surface area contributed by atoms with E-state index in [0.717, 1.165) is 5.56 Å². The van der Waals surface area contributed by atoms with Gasteiger partial charge >= 0.3 is 6.18 Å². The van der Waals surface area contributed by atoms with Gasteiger partial charge < -0.3 is 10.0 Å². The molecule has 1 aliphatic heterocycles. The Hall–Kier alpha value is -1.27. The molecule has 146 valence electrons. The van der Waals surface area contributed by atoms with E-state index in [-0.39, 0.29) is 43.7 Å². The molecule has 26 heavy (non-hydrogen) atoms. The average molecular weight is 392 g/mol. The molecule has 0 aromatic heterocycles. The summed E-state index contributed by atoms with van der Waals surface area (Å²) in [6, 6.07) is 7.40. The number of carbonyl (C=O) groups excluding carboxylic acids is 1. The minimum absolute atomic E-state index is 0.0775. The second-order valence-electron chi connectivity index (χ2n) is 7.91. The van der Waals surface area contributed by atoms with Crippen molar-refractivity contribution < 1.29 is 23.1 Å². The zero-order valence-corrected chi connectivity index (χ0v) is 15.8. The summed E-state index contributed by atoms with van der Waals surface area (Å²) in [5.41, 5.74) is -1.98. The Labute approximate surface area is 157 Å². The average Bonchev–Trinajstić information content (AvgIpc) is 2.71. The van der Waals surface area contributed by atoms with Crippen molar-refractivity contribution in [3.63, 3.8) is 0 Å². The number of hydrogen-bond acceptors (Lipinski definition) is 2. The fraction of sp³-hybridized carbons (Fsp3) is 0.632. The highest BCUT2D eigenvalue weighted by atomic mass is 35.5. The molecule has 1 fully saturated rings. The van der Waals surface area contributed by atoms with E-state index in [9.17, 15) is 23.1 Å². The van der Waals surface area contributed by atoms with Crippen molar-refractivity contribution in [2.45, 2.75) is 57.7 Å². The quantitative estimate of drug-likeness (QED) is 0.814. The zero-order valence-electron chi connectivity index (χ0n) is 15.1. The van der Waals surface area contributed by atoms with Gasteiger partial charge in [-0.25, -0.2) is 0 Å². The normalized spacial score (nSPS) is 22.2. The first-order valence-electron chi connectivity index (χ1n) is 8.73. The van der Waals surface area contributed by atoms with Gasteiger partial charge in [0.05, 0.1) is 0 Å². The van der Waals surface area contributed by atoms with E-state index >= 15 is 0 Å². The van der Waals surface area contributed by atoms with Crippen LogP contribution in [0, 0.1) is 5.41 Å². The molecule has 0 saturated carbocycles. The third-order valence-corrected chi connectivity index (χ3v) is 5.17. The van der Waals surface area contributed by atoms with Crippen molar-refractivity contribution in [3.8, 4) is 0 Å². The van der Waals surface area contributed by atoms with Gasteiger partial charge in [-0.15, -0.1) is 0 Å². The molecule has 1 amide bonds. The Bertz CT molecular complexity index is 631. The van der Waals surface area contributed by atoms with Gasteiger partial charge in [0, 0.05) is 31.0 Å². The molecule has 0 aliphatic carbocycles. The lowest BCUT2D eigenvalue weighted by molar-refractivity contribution is -0.263.